The number of fused-ring (bicyclic) bond motifs is 1. The Morgan fingerprint density at radius 1 is 0.719 bits per heavy atom. The maximum absolute atomic E-state index is 13.5. The normalized spacial score (nSPS) is 10.9. The molecule has 0 aliphatic heterocycles. The first kappa shape index (κ1) is 19.8. The van der Waals surface area contributed by atoms with Crippen molar-refractivity contribution in [2.24, 2.45) is 0 Å². The van der Waals surface area contributed by atoms with Crippen molar-refractivity contribution in [2.45, 2.75) is 13.5 Å². The summed E-state index contributed by atoms with van der Waals surface area (Å²) < 4.78 is 13.5. The largest absolute Gasteiger partial charge is 0.365 e. The molecule has 0 bridgehead atoms. The Morgan fingerprint density at radius 3 is 2.22 bits per heavy atom. The Morgan fingerprint density at radius 2 is 1.44 bits per heavy atom. The van der Waals surface area contributed by atoms with E-state index >= 15 is 0 Å². The van der Waals surface area contributed by atoms with E-state index in [-0.39, 0.29) is 0 Å². The van der Waals surface area contributed by atoms with E-state index in [1.807, 2.05) is 37.4 Å². The van der Waals surface area contributed by atoms with Crippen LogP contribution in [0.1, 0.15) is 11.3 Å². The molecule has 156 valence electrons. The molecule has 0 atom stereocenters. The summed E-state index contributed by atoms with van der Waals surface area (Å²) in [7, 11) is 0. The number of halogens is 1. The van der Waals surface area contributed by atoms with Crippen molar-refractivity contribution in [1.29, 1.82) is 0 Å². The van der Waals surface area contributed by atoms with Gasteiger partial charge in [0.15, 0.2) is 0 Å². The van der Waals surface area contributed by atoms with Gasteiger partial charge in [0.05, 0.1) is 5.52 Å². The number of hydrogen-bond acceptors (Lipinski definition) is 5. The summed E-state index contributed by atoms with van der Waals surface area (Å²) >= 11 is 0. The fraction of sp³-hybridized carbons (Fsp3) is 0.0769. The van der Waals surface area contributed by atoms with Crippen LogP contribution in [0.5, 0.6) is 0 Å². The van der Waals surface area contributed by atoms with Gasteiger partial charge in [-0.1, -0.05) is 30.3 Å². The van der Waals surface area contributed by atoms with Crippen LogP contribution in [0.15, 0.2) is 85.5 Å². The van der Waals surface area contributed by atoms with E-state index < -0.39 is 5.95 Å². The second kappa shape index (κ2) is 8.51. The highest BCUT2D eigenvalue weighted by Gasteiger charge is 2.07. The zero-order valence-corrected chi connectivity index (χ0v) is 17.5. The SMILES string of the molecule is Cc1cc(-c2ccc(CNc3ncnc4cc(-c5ccnc(F)c5)ccc34)cc2)ccn1. The minimum atomic E-state index is -0.502. The van der Waals surface area contributed by atoms with Gasteiger partial charge in [0.2, 0.25) is 5.95 Å². The van der Waals surface area contributed by atoms with E-state index in [0.29, 0.717) is 6.54 Å². The molecule has 3 aromatic heterocycles. The molecule has 2 aromatic carbocycles. The van der Waals surface area contributed by atoms with E-state index in [1.54, 1.807) is 6.07 Å². The third kappa shape index (κ3) is 4.16. The average Bonchev–Trinajstić information content (AvgIpc) is 2.82. The van der Waals surface area contributed by atoms with Crippen LogP contribution in [0.25, 0.3) is 33.2 Å². The Bertz CT molecular complexity index is 1400. The molecule has 6 heteroatoms. The second-order valence-electron chi connectivity index (χ2n) is 7.56. The Balaban J connectivity index is 1.35. The zero-order chi connectivity index (χ0) is 21.9. The molecule has 0 aliphatic carbocycles. The van der Waals surface area contributed by atoms with Gasteiger partial charge in [-0.25, -0.2) is 15.0 Å². The molecule has 0 fully saturated rings. The first-order chi connectivity index (χ1) is 15.7. The third-order valence-corrected chi connectivity index (χ3v) is 5.34. The van der Waals surface area contributed by atoms with E-state index in [0.717, 1.165) is 50.2 Å². The highest BCUT2D eigenvalue weighted by molar-refractivity contribution is 5.91. The van der Waals surface area contributed by atoms with Crippen LogP contribution in [0.2, 0.25) is 0 Å². The van der Waals surface area contributed by atoms with Crippen molar-refractivity contribution in [2.75, 3.05) is 5.32 Å². The van der Waals surface area contributed by atoms with Crippen molar-refractivity contribution in [1.82, 2.24) is 19.9 Å². The van der Waals surface area contributed by atoms with Crippen molar-refractivity contribution in [3.05, 3.63) is 103 Å². The summed E-state index contributed by atoms with van der Waals surface area (Å²) in [6.07, 6.45) is 4.83. The lowest BCUT2D eigenvalue weighted by molar-refractivity contribution is 0.584. The monoisotopic (exact) mass is 421 g/mol. The molecule has 0 unspecified atom stereocenters. The first-order valence-corrected chi connectivity index (χ1v) is 10.3. The number of rotatable bonds is 5. The molecular weight excluding hydrogens is 401 g/mol. The predicted octanol–water partition coefficient (Wildman–Crippen LogP) is 5.81. The van der Waals surface area contributed by atoms with Crippen LogP contribution >= 0.6 is 0 Å². The number of anilines is 1. The standard InChI is InChI=1S/C26H20FN5/c1-17-12-21(8-10-28-17)19-4-2-18(3-5-19)15-30-26-23-7-6-20(13-24(23)31-16-32-26)22-9-11-29-25(27)14-22/h2-14,16H,15H2,1H3,(H,30,31,32). The van der Waals surface area contributed by atoms with E-state index in [1.165, 1.54) is 18.6 Å². The van der Waals surface area contributed by atoms with Crippen LogP contribution < -0.4 is 5.32 Å². The molecule has 0 aliphatic rings. The highest BCUT2D eigenvalue weighted by atomic mass is 19.1. The minimum absolute atomic E-state index is 0.502. The van der Waals surface area contributed by atoms with E-state index in [2.05, 4.69) is 55.6 Å². The van der Waals surface area contributed by atoms with Gasteiger partial charge in [-0.2, -0.15) is 4.39 Å². The molecular formula is C26H20FN5. The Hall–Kier alpha value is -4.19. The number of nitrogens with one attached hydrogen (secondary N) is 1. The lowest BCUT2D eigenvalue weighted by Crippen LogP contribution is -2.02. The molecule has 1 N–H and O–H groups in total. The number of aryl methyl sites for hydroxylation is 1. The quantitative estimate of drug-likeness (QED) is 0.363. The van der Waals surface area contributed by atoms with Crippen molar-refractivity contribution in [3.63, 3.8) is 0 Å². The fourth-order valence-corrected chi connectivity index (χ4v) is 3.69. The molecule has 32 heavy (non-hydrogen) atoms. The molecule has 0 spiro atoms. The highest BCUT2D eigenvalue weighted by Crippen LogP contribution is 2.27. The zero-order valence-electron chi connectivity index (χ0n) is 17.5. The maximum Gasteiger partial charge on any atom is 0.213 e. The molecule has 5 nitrogen and oxygen atoms in total. The molecule has 0 saturated carbocycles. The van der Waals surface area contributed by atoms with Crippen LogP contribution in [0.3, 0.4) is 0 Å². The fourth-order valence-electron chi connectivity index (χ4n) is 3.69. The van der Waals surface area contributed by atoms with Crippen LogP contribution in [0.4, 0.5) is 10.2 Å². The topological polar surface area (TPSA) is 63.6 Å². The summed E-state index contributed by atoms with van der Waals surface area (Å²) in [5, 5.41) is 4.32. The summed E-state index contributed by atoms with van der Waals surface area (Å²) in [4.78, 5) is 16.7. The molecule has 0 radical (unpaired) electrons. The Kier molecular flexibility index (Phi) is 5.25. The Labute approximate surface area is 185 Å². The summed E-state index contributed by atoms with van der Waals surface area (Å²) in [5.74, 6) is 0.258. The molecule has 0 amide bonds. The van der Waals surface area contributed by atoms with E-state index in [4.69, 9.17) is 0 Å². The molecule has 5 aromatic rings. The second-order valence-corrected chi connectivity index (χ2v) is 7.56. The van der Waals surface area contributed by atoms with Gasteiger partial charge in [-0.3, -0.25) is 4.98 Å². The average molecular weight is 421 g/mol. The minimum Gasteiger partial charge on any atom is -0.365 e. The van der Waals surface area contributed by atoms with Crippen LogP contribution in [-0.4, -0.2) is 19.9 Å². The van der Waals surface area contributed by atoms with Crippen LogP contribution in [-0.2, 0) is 6.54 Å². The number of pyridine rings is 2. The third-order valence-electron chi connectivity index (χ3n) is 5.34. The van der Waals surface area contributed by atoms with Gasteiger partial charge in [-0.15, -0.1) is 0 Å². The van der Waals surface area contributed by atoms with Gasteiger partial charge in [0, 0.05) is 36.1 Å². The summed E-state index contributed by atoms with van der Waals surface area (Å²) in [6.45, 7) is 2.63. The number of benzene rings is 2. The first-order valence-electron chi connectivity index (χ1n) is 10.3. The van der Waals surface area contributed by atoms with Crippen molar-refractivity contribution < 1.29 is 4.39 Å². The number of aromatic nitrogens is 4. The maximum atomic E-state index is 13.5. The van der Waals surface area contributed by atoms with Gasteiger partial charge in [-0.05, 0) is 65.1 Å². The van der Waals surface area contributed by atoms with Crippen LogP contribution in [0, 0.1) is 12.9 Å². The smallest absolute Gasteiger partial charge is 0.213 e. The van der Waals surface area contributed by atoms with Crippen molar-refractivity contribution in [3.8, 4) is 22.3 Å². The van der Waals surface area contributed by atoms with E-state index in [9.17, 15) is 4.39 Å². The number of hydrogen-bond donors (Lipinski definition) is 1. The molecule has 0 saturated heterocycles. The summed E-state index contributed by atoms with van der Waals surface area (Å²) in [6, 6.07) is 21.6. The predicted molar refractivity (Wildman–Crippen MR) is 124 cm³/mol. The van der Waals surface area contributed by atoms with Crippen molar-refractivity contribution >= 4 is 16.7 Å². The molecule has 3 heterocycles. The van der Waals surface area contributed by atoms with Gasteiger partial charge in [0.25, 0.3) is 0 Å². The van der Waals surface area contributed by atoms with Gasteiger partial charge < -0.3 is 5.32 Å². The number of nitrogens with zero attached hydrogens (tertiary/aromatic N) is 4. The van der Waals surface area contributed by atoms with Gasteiger partial charge in [0.1, 0.15) is 12.1 Å². The molecule has 5 rings (SSSR count). The summed E-state index contributed by atoms with van der Waals surface area (Å²) in [5.41, 5.74) is 6.90. The lowest BCUT2D eigenvalue weighted by atomic mass is 10.0. The lowest BCUT2D eigenvalue weighted by Gasteiger charge is -2.10. The van der Waals surface area contributed by atoms with Gasteiger partial charge >= 0.3 is 0 Å².